The first-order chi connectivity index (χ1) is 11.1. The molecule has 5 nitrogen and oxygen atoms in total. The minimum atomic E-state index is 0.551. The SMILES string of the molecule is CN=C(NCCCN1CCCCC1C)NCC(C)N(C)C1CC1. The van der Waals surface area contributed by atoms with Gasteiger partial charge in [-0.3, -0.25) is 9.89 Å². The van der Waals surface area contributed by atoms with Gasteiger partial charge in [-0.05, 0) is 59.5 Å². The monoisotopic (exact) mass is 323 g/mol. The van der Waals surface area contributed by atoms with Crippen LogP contribution in [-0.4, -0.2) is 74.2 Å². The fourth-order valence-corrected chi connectivity index (χ4v) is 3.43. The number of nitrogens with one attached hydrogen (secondary N) is 2. The Kier molecular flexibility index (Phi) is 7.63. The number of likely N-dealkylation sites (tertiary alicyclic amines) is 1. The second-order valence-corrected chi connectivity index (χ2v) is 7.36. The third-order valence-electron chi connectivity index (χ3n) is 5.46. The summed E-state index contributed by atoms with van der Waals surface area (Å²) >= 11 is 0. The lowest BCUT2D eigenvalue weighted by Gasteiger charge is -2.33. The smallest absolute Gasteiger partial charge is 0.191 e. The molecule has 0 aromatic heterocycles. The van der Waals surface area contributed by atoms with Crippen molar-refractivity contribution in [1.82, 2.24) is 20.4 Å². The van der Waals surface area contributed by atoms with Crippen molar-refractivity contribution in [2.24, 2.45) is 4.99 Å². The standard InChI is InChI=1S/C18H37N5/c1-15-8-5-6-12-23(15)13-7-11-20-18(19-3)21-14-16(2)22(4)17-9-10-17/h15-17H,5-14H2,1-4H3,(H2,19,20,21). The Morgan fingerprint density at radius 1 is 1.26 bits per heavy atom. The molecule has 0 spiro atoms. The van der Waals surface area contributed by atoms with E-state index in [0.717, 1.165) is 31.1 Å². The Morgan fingerprint density at radius 3 is 2.70 bits per heavy atom. The molecule has 2 unspecified atom stereocenters. The van der Waals surface area contributed by atoms with Crippen LogP contribution in [0.15, 0.2) is 4.99 Å². The van der Waals surface area contributed by atoms with Crippen molar-refractivity contribution in [2.45, 2.75) is 70.5 Å². The first kappa shape index (κ1) is 18.5. The van der Waals surface area contributed by atoms with E-state index in [1.165, 1.54) is 51.6 Å². The largest absolute Gasteiger partial charge is 0.356 e. The molecule has 2 atom stereocenters. The summed E-state index contributed by atoms with van der Waals surface area (Å²) in [4.78, 5) is 9.46. The number of piperidine rings is 1. The molecule has 2 aliphatic rings. The average Bonchev–Trinajstić information content (AvgIpc) is 3.39. The molecule has 2 rings (SSSR count). The molecule has 1 heterocycles. The lowest BCUT2D eigenvalue weighted by Crippen LogP contribution is -2.46. The van der Waals surface area contributed by atoms with E-state index in [9.17, 15) is 0 Å². The number of hydrogen-bond donors (Lipinski definition) is 2. The second-order valence-electron chi connectivity index (χ2n) is 7.36. The Labute approximate surface area is 142 Å². The fourth-order valence-electron chi connectivity index (χ4n) is 3.43. The van der Waals surface area contributed by atoms with E-state index >= 15 is 0 Å². The highest BCUT2D eigenvalue weighted by atomic mass is 15.2. The maximum absolute atomic E-state index is 4.34. The van der Waals surface area contributed by atoms with Crippen molar-refractivity contribution < 1.29 is 0 Å². The van der Waals surface area contributed by atoms with E-state index in [4.69, 9.17) is 0 Å². The fraction of sp³-hybridized carbons (Fsp3) is 0.944. The van der Waals surface area contributed by atoms with E-state index in [0.29, 0.717) is 6.04 Å². The summed E-state index contributed by atoms with van der Waals surface area (Å²) in [5, 5.41) is 6.92. The van der Waals surface area contributed by atoms with Crippen molar-refractivity contribution in [3.05, 3.63) is 0 Å². The van der Waals surface area contributed by atoms with Crippen LogP contribution in [0.4, 0.5) is 0 Å². The Balaban J connectivity index is 1.57. The van der Waals surface area contributed by atoms with Gasteiger partial charge in [0.05, 0.1) is 0 Å². The minimum Gasteiger partial charge on any atom is -0.356 e. The number of aliphatic imine (C=N–C) groups is 1. The number of likely N-dealkylation sites (N-methyl/N-ethyl adjacent to an activating group) is 1. The van der Waals surface area contributed by atoms with Crippen molar-refractivity contribution in [2.75, 3.05) is 40.3 Å². The molecular formula is C18H37N5. The second kappa shape index (κ2) is 9.48. The van der Waals surface area contributed by atoms with Crippen LogP contribution >= 0.6 is 0 Å². The molecular weight excluding hydrogens is 286 g/mol. The van der Waals surface area contributed by atoms with Crippen molar-refractivity contribution in [3.8, 4) is 0 Å². The van der Waals surface area contributed by atoms with Gasteiger partial charge in [0, 0.05) is 44.8 Å². The zero-order valence-electron chi connectivity index (χ0n) is 15.6. The summed E-state index contributed by atoms with van der Waals surface area (Å²) < 4.78 is 0. The van der Waals surface area contributed by atoms with Gasteiger partial charge in [0.2, 0.25) is 0 Å². The van der Waals surface area contributed by atoms with E-state index in [1.807, 2.05) is 7.05 Å². The maximum Gasteiger partial charge on any atom is 0.191 e. The molecule has 1 saturated carbocycles. The van der Waals surface area contributed by atoms with Crippen LogP contribution in [0.2, 0.25) is 0 Å². The molecule has 5 heteroatoms. The third-order valence-corrected chi connectivity index (χ3v) is 5.46. The highest BCUT2D eigenvalue weighted by molar-refractivity contribution is 5.79. The van der Waals surface area contributed by atoms with Crippen LogP contribution in [-0.2, 0) is 0 Å². The molecule has 1 saturated heterocycles. The van der Waals surface area contributed by atoms with Gasteiger partial charge >= 0.3 is 0 Å². The van der Waals surface area contributed by atoms with Gasteiger partial charge in [-0.25, -0.2) is 0 Å². The van der Waals surface area contributed by atoms with Crippen molar-refractivity contribution in [1.29, 1.82) is 0 Å². The van der Waals surface area contributed by atoms with E-state index in [-0.39, 0.29) is 0 Å². The van der Waals surface area contributed by atoms with Gasteiger partial charge in [0.25, 0.3) is 0 Å². The Morgan fingerprint density at radius 2 is 2.04 bits per heavy atom. The first-order valence-corrected chi connectivity index (χ1v) is 9.52. The molecule has 2 fully saturated rings. The molecule has 0 bridgehead atoms. The highest BCUT2D eigenvalue weighted by Crippen LogP contribution is 2.26. The first-order valence-electron chi connectivity index (χ1n) is 9.52. The summed E-state index contributed by atoms with van der Waals surface area (Å²) in [5.74, 6) is 0.938. The molecule has 0 radical (unpaired) electrons. The van der Waals surface area contributed by atoms with Crippen LogP contribution in [0, 0.1) is 0 Å². The lowest BCUT2D eigenvalue weighted by molar-refractivity contribution is 0.159. The van der Waals surface area contributed by atoms with Crippen molar-refractivity contribution >= 4 is 5.96 Å². The maximum atomic E-state index is 4.34. The van der Waals surface area contributed by atoms with Crippen LogP contribution < -0.4 is 10.6 Å². The number of nitrogens with zero attached hydrogens (tertiary/aromatic N) is 3. The van der Waals surface area contributed by atoms with Gasteiger partial charge in [0.15, 0.2) is 5.96 Å². The topological polar surface area (TPSA) is 42.9 Å². The number of guanidine groups is 1. The molecule has 1 aliphatic carbocycles. The average molecular weight is 324 g/mol. The van der Waals surface area contributed by atoms with Gasteiger partial charge in [-0.15, -0.1) is 0 Å². The van der Waals surface area contributed by atoms with E-state index in [1.54, 1.807) is 0 Å². The molecule has 0 aromatic carbocycles. The predicted molar refractivity (Wildman–Crippen MR) is 99.1 cm³/mol. The third kappa shape index (κ3) is 6.30. The van der Waals surface area contributed by atoms with Gasteiger partial charge < -0.3 is 15.5 Å². The van der Waals surface area contributed by atoms with Gasteiger partial charge in [0.1, 0.15) is 0 Å². The Bertz CT molecular complexity index is 366. The summed E-state index contributed by atoms with van der Waals surface area (Å²) in [6.45, 7) is 9.08. The van der Waals surface area contributed by atoms with Crippen LogP contribution in [0.25, 0.3) is 0 Å². The quantitative estimate of drug-likeness (QED) is 0.407. The summed E-state index contributed by atoms with van der Waals surface area (Å²) in [6.07, 6.45) is 8.05. The molecule has 23 heavy (non-hydrogen) atoms. The molecule has 134 valence electrons. The van der Waals surface area contributed by atoms with Gasteiger partial charge in [-0.2, -0.15) is 0 Å². The number of hydrogen-bond acceptors (Lipinski definition) is 3. The van der Waals surface area contributed by atoms with Crippen LogP contribution in [0.3, 0.4) is 0 Å². The van der Waals surface area contributed by atoms with Crippen molar-refractivity contribution in [3.63, 3.8) is 0 Å². The molecule has 2 N–H and O–H groups in total. The zero-order chi connectivity index (χ0) is 16.7. The number of rotatable bonds is 8. The highest BCUT2D eigenvalue weighted by Gasteiger charge is 2.28. The van der Waals surface area contributed by atoms with E-state index in [2.05, 4.69) is 46.3 Å². The molecule has 0 amide bonds. The Hall–Kier alpha value is -0.810. The minimum absolute atomic E-state index is 0.551. The van der Waals surface area contributed by atoms with Crippen LogP contribution in [0.5, 0.6) is 0 Å². The summed E-state index contributed by atoms with van der Waals surface area (Å²) in [5.41, 5.74) is 0. The van der Waals surface area contributed by atoms with E-state index < -0.39 is 0 Å². The van der Waals surface area contributed by atoms with Gasteiger partial charge in [-0.1, -0.05) is 6.42 Å². The lowest BCUT2D eigenvalue weighted by atomic mass is 10.0. The predicted octanol–water partition coefficient (Wildman–Crippen LogP) is 1.90. The van der Waals surface area contributed by atoms with Crippen LogP contribution in [0.1, 0.15) is 52.4 Å². The molecule has 1 aliphatic heterocycles. The normalized spacial score (nSPS) is 24.7. The summed E-state index contributed by atoms with van der Waals surface area (Å²) in [7, 11) is 4.09. The molecule has 0 aromatic rings. The zero-order valence-corrected chi connectivity index (χ0v) is 15.6. The summed E-state index contributed by atoms with van der Waals surface area (Å²) in [6, 6.07) is 2.13.